The van der Waals surface area contributed by atoms with E-state index in [1.54, 1.807) is 25.5 Å². The number of hydrazone groups is 1. The van der Waals surface area contributed by atoms with Gasteiger partial charge in [-0.05, 0) is 41.5 Å². The Labute approximate surface area is 174 Å². The van der Waals surface area contributed by atoms with Crippen molar-refractivity contribution in [2.24, 2.45) is 5.10 Å². The fourth-order valence-electron chi connectivity index (χ4n) is 2.57. The van der Waals surface area contributed by atoms with E-state index in [1.807, 2.05) is 54.6 Å². The summed E-state index contributed by atoms with van der Waals surface area (Å²) in [5.74, 6) is 1.33. The number of hydrogen-bond donors (Lipinski definition) is 1. The third-order valence-electron chi connectivity index (χ3n) is 4.05. The molecule has 0 aliphatic rings. The van der Waals surface area contributed by atoms with Gasteiger partial charge in [-0.15, -0.1) is 0 Å². The molecule has 4 nitrogen and oxygen atoms in total. The number of methoxy groups -OCH3 is 1. The van der Waals surface area contributed by atoms with Gasteiger partial charge in [0.15, 0.2) is 11.5 Å². The van der Waals surface area contributed by atoms with Gasteiger partial charge in [0, 0.05) is 15.6 Å². The highest BCUT2D eigenvalue weighted by molar-refractivity contribution is 6.35. The molecule has 3 aromatic carbocycles. The Balaban J connectivity index is 1.60. The van der Waals surface area contributed by atoms with Crippen molar-refractivity contribution in [1.29, 1.82) is 0 Å². The SMILES string of the molecule is COc1cc(/C=N\NCc2c(Cl)cccc2Cl)ccc1OCc1ccccc1. The van der Waals surface area contributed by atoms with Gasteiger partial charge < -0.3 is 14.9 Å². The van der Waals surface area contributed by atoms with E-state index in [0.29, 0.717) is 34.7 Å². The molecule has 0 aliphatic carbocycles. The largest absolute Gasteiger partial charge is 0.493 e. The summed E-state index contributed by atoms with van der Waals surface area (Å²) in [5, 5.41) is 5.45. The van der Waals surface area contributed by atoms with Crippen molar-refractivity contribution in [2.75, 3.05) is 7.11 Å². The van der Waals surface area contributed by atoms with Gasteiger partial charge in [-0.1, -0.05) is 59.6 Å². The smallest absolute Gasteiger partial charge is 0.161 e. The van der Waals surface area contributed by atoms with Crippen LogP contribution in [0, 0.1) is 0 Å². The minimum Gasteiger partial charge on any atom is -0.493 e. The normalized spacial score (nSPS) is 10.8. The van der Waals surface area contributed by atoms with Crippen LogP contribution in [-0.4, -0.2) is 13.3 Å². The lowest BCUT2D eigenvalue weighted by Gasteiger charge is -2.11. The molecule has 28 heavy (non-hydrogen) atoms. The van der Waals surface area contributed by atoms with Crippen LogP contribution in [0.4, 0.5) is 0 Å². The van der Waals surface area contributed by atoms with E-state index in [4.69, 9.17) is 32.7 Å². The molecule has 1 N–H and O–H groups in total. The van der Waals surface area contributed by atoms with Crippen molar-refractivity contribution >= 4 is 29.4 Å². The van der Waals surface area contributed by atoms with Crippen LogP contribution in [0.3, 0.4) is 0 Å². The molecule has 0 radical (unpaired) electrons. The van der Waals surface area contributed by atoms with E-state index in [1.165, 1.54) is 0 Å². The third kappa shape index (κ3) is 5.41. The lowest BCUT2D eigenvalue weighted by Crippen LogP contribution is -2.06. The summed E-state index contributed by atoms with van der Waals surface area (Å²) in [6.45, 7) is 0.912. The van der Waals surface area contributed by atoms with Gasteiger partial charge in [-0.25, -0.2) is 0 Å². The Morgan fingerprint density at radius 2 is 1.68 bits per heavy atom. The second-order valence-electron chi connectivity index (χ2n) is 5.98. The average molecular weight is 415 g/mol. The van der Waals surface area contributed by atoms with Crippen molar-refractivity contribution in [3.8, 4) is 11.5 Å². The van der Waals surface area contributed by atoms with Gasteiger partial charge in [-0.2, -0.15) is 5.10 Å². The van der Waals surface area contributed by atoms with Crippen LogP contribution in [0.5, 0.6) is 11.5 Å². The van der Waals surface area contributed by atoms with Crippen molar-refractivity contribution in [1.82, 2.24) is 5.43 Å². The standard InChI is InChI=1S/C22H20Cl2N2O2/c1-27-22-12-17(10-11-21(22)28-15-16-6-3-2-4-7-16)13-25-26-14-18-19(23)8-5-9-20(18)24/h2-13,26H,14-15H2,1H3/b25-13-. The Bertz CT molecular complexity index is 926. The zero-order valence-corrected chi connectivity index (χ0v) is 16.9. The van der Waals surface area contributed by atoms with Crippen molar-refractivity contribution in [3.05, 3.63) is 93.5 Å². The van der Waals surface area contributed by atoms with Crippen LogP contribution in [0.25, 0.3) is 0 Å². The summed E-state index contributed by atoms with van der Waals surface area (Å²) >= 11 is 12.3. The Kier molecular flexibility index (Phi) is 7.18. The molecule has 0 aromatic heterocycles. The molecule has 0 bridgehead atoms. The predicted molar refractivity (Wildman–Crippen MR) is 115 cm³/mol. The molecule has 0 fully saturated rings. The number of ether oxygens (including phenoxy) is 2. The molecule has 0 aliphatic heterocycles. The van der Waals surface area contributed by atoms with E-state index >= 15 is 0 Å². The zero-order valence-electron chi connectivity index (χ0n) is 15.4. The number of hydrogen-bond acceptors (Lipinski definition) is 4. The maximum absolute atomic E-state index is 6.15. The fraction of sp³-hybridized carbons (Fsp3) is 0.136. The van der Waals surface area contributed by atoms with Crippen molar-refractivity contribution < 1.29 is 9.47 Å². The average Bonchev–Trinajstić information content (AvgIpc) is 2.72. The van der Waals surface area contributed by atoms with Gasteiger partial charge in [-0.3, -0.25) is 0 Å². The quantitative estimate of drug-likeness (QED) is 0.379. The summed E-state index contributed by atoms with van der Waals surface area (Å²) in [4.78, 5) is 0. The molecular formula is C22H20Cl2N2O2. The molecule has 0 unspecified atom stereocenters. The highest BCUT2D eigenvalue weighted by Gasteiger charge is 2.06. The van der Waals surface area contributed by atoms with Crippen LogP contribution < -0.4 is 14.9 Å². The van der Waals surface area contributed by atoms with Crippen LogP contribution in [-0.2, 0) is 13.2 Å². The molecule has 0 saturated heterocycles. The summed E-state index contributed by atoms with van der Waals surface area (Å²) in [6.07, 6.45) is 1.70. The van der Waals surface area contributed by atoms with Crippen LogP contribution in [0.1, 0.15) is 16.7 Å². The molecule has 144 valence electrons. The Morgan fingerprint density at radius 3 is 2.39 bits per heavy atom. The maximum Gasteiger partial charge on any atom is 0.161 e. The zero-order chi connectivity index (χ0) is 19.8. The molecule has 6 heteroatoms. The van der Waals surface area contributed by atoms with Crippen LogP contribution in [0.15, 0.2) is 71.8 Å². The molecule has 0 atom stereocenters. The molecule has 0 spiro atoms. The first-order valence-corrected chi connectivity index (χ1v) is 9.46. The summed E-state index contributed by atoms with van der Waals surface area (Å²) in [7, 11) is 1.61. The van der Waals surface area contributed by atoms with Gasteiger partial charge in [0.2, 0.25) is 0 Å². The van der Waals surface area contributed by atoms with Gasteiger partial charge in [0.1, 0.15) is 6.61 Å². The molecule has 3 rings (SSSR count). The first-order valence-electron chi connectivity index (χ1n) is 8.71. The van der Waals surface area contributed by atoms with Crippen LogP contribution in [0.2, 0.25) is 10.0 Å². The lowest BCUT2D eigenvalue weighted by molar-refractivity contribution is 0.284. The second kappa shape index (κ2) is 10.0. The Hall–Kier alpha value is -2.69. The third-order valence-corrected chi connectivity index (χ3v) is 4.76. The summed E-state index contributed by atoms with van der Waals surface area (Å²) in [6, 6.07) is 21.0. The molecule has 3 aromatic rings. The van der Waals surface area contributed by atoms with Crippen LogP contribution >= 0.6 is 23.2 Å². The van der Waals surface area contributed by atoms with E-state index in [2.05, 4.69) is 10.5 Å². The topological polar surface area (TPSA) is 42.8 Å². The lowest BCUT2D eigenvalue weighted by atomic mass is 10.2. The van der Waals surface area contributed by atoms with E-state index in [-0.39, 0.29) is 0 Å². The fourth-order valence-corrected chi connectivity index (χ4v) is 3.10. The molecular weight excluding hydrogens is 395 g/mol. The minimum absolute atomic E-state index is 0.435. The number of halogens is 2. The van der Waals surface area contributed by atoms with E-state index < -0.39 is 0 Å². The molecule has 0 heterocycles. The number of nitrogens with one attached hydrogen (secondary N) is 1. The Morgan fingerprint density at radius 1 is 0.929 bits per heavy atom. The number of nitrogens with zero attached hydrogens (tertiary/aromatic N) is 1. The predicted octanol–water partition coefficient (Wildman–Crippen LogP) is 5.70. The van der Waals surface area contributed by atoms with Gasteiger partial charge in [0.25, 0.3) is 0 Å². The van der Waals surface area contributed by atoms with E-state index in [0.717, 1.165) is 16.7 Å². The first-order chi connectivity index (χ1) is 13.7. The summed E-state index contributed by atoms with van der Waals surface area (Å²) < 4.78 is 11.3. The highest BCUT2D eigenvalue weighted by Crippen LogP contribution is 2.28. The van der Waals surface area contributed by atoms with Crippen molar-refractivity contribution in [2.45, 2.75) is 13.2 Å². The number of benzene rings is 3. The second-order valence-corrected chi connectivity index (χ2v) is 6.79. The van der Waals surface area contributed by atoms with E-state index in [9.17, 15) is 0 Å². The monoisotopic (exact) mass is 414 g/mol. The number of rotatable bonds is 8. The molecule has 0 amide bonds. The highest BCUT2D eigenvalue weighted by atomic mass is 35.5. The summed E-state index contributed by atoms with van der Waals surface area (Å²) in [5.41, 5.74) is 5.74. The van der Waals surface area contributed by atoms with Gasteiger partial charge in [0.05, 0.1) is 19.9 Å². The van der Waals surface area contributed by atoms with Gasteiger partial charge >= 0.3 is 0 Å². The van der Waals surface area contributed by atoms with Crippen molar-refractivity contribution in [3.63, 3.8) is 0 Å². The maximum atomic E-state index is 6.15. The first kappa shape index (κ1) is 20.1. The molecule has 0 saturated carbocycles. The minimum atomic E-state index is 0.435.